The van der Waals surface area contributed by atoms with Crippen LogP contribution in [0, 0.1) is 17.1 Å². The second-order valence-electron chi connectivity index (χ2n) is 6.70. The quantitative estimate of drug-likeness (QED) is 0.656. The van der Waals surface area contributed by atoms with E-state index in [2.05, 4.69) is 20.7 Å². The second kappa shape index (κ2) is 7.21. The molecule has 1 aromatic carbocycles. The third kappa shape index (κ3) is 3.68. The van der Waals surface area contributed by atoms with Crippen molar-refractivity contribution in [3.05, 3.63) is 47.8 Å². The summed E-state index contributed by atoms with van der Waals surface area (Å²) >= 11 is 0. The van der Waals surface area contributed by atoms with Crippen LogP contribution in [0.15, 0.2) is 36.4 Å². The van der Waals surface area contributed by atoms with E-state index < -0.39 is 5.82 Å². The number of hydrogen-bond donors (Lipinski definition) is 3. The number of fused-ring (bicyclic) bond motifs is 1. The fourth-order valence-corrected chi connectivity index (χ4v) is 3.30. The van der Waals surface area contributed by atoms with E-state index in [4.69, 9.17) is 5.26 Å². The first-order valence-electron chi connectivity index (χ1n) is 8.89. The molecule has 0 spiro atoms. The van der Waals surface area contributed by atoms with Gasteiger partial charge in [-0.1, -0.05) is 6.07 Å². The minimum Gasteiger partial charge on any atom is -0.393 e. The number of pyridine rings is 1. The first kappa shape index (κ1) is 17.2. The molecule has 0 saturated heterocycles. The number of nitrogens with zero attached hydrogens (tertiary/aromatic N) is 4. The highest BCUT2D eigenvalue weighted by atomic mass is 19.1. The zero-order valence-corrected chi connectivity index (χ0v) is 14.6. The maximum absolute atomic E-state index is 14.1. The molecule has 1 aliphatic carbocycles. The van der Waals surface area contributed by atoms with Gasteiger partial charge in [-0.3, -0.25) is 0 Å². The molecule has 0 unspecified atom stereocenters. The number of benzene rings is 1. The number of nitriles is 1. The van der Waals surface area contributed by atoms with Crippen LogP contribution in [-0.2, 0) is 0 Å². The van der Waals surface area contributed by atoms with Crippen LogP contribution >= 0.6 is 0 Å². The summed E-state index contributed by atoms with van der Waals surface area (Å²) in [6, 6.07) is 12.0. The second-order valence-corrected chi connectivity index (χ2v) is 6.70. The standard InChI is InChI=1S/C19H19FN6O/c20-15-10-12(11-21)4-9-16(15)23-19-24-18-3-1-2-17(26(18)25-19)22-13-5-7-14(27)8-6-13/h1-4,9-10,13-14,22,27H,5-8H2,(H,23,25)/t13-,14+. The van der Waals surface area contributed by atoms with E-state index in [1.54, 1.807) is 4.52 Å². The van der Waals surface area contributed by atoms with Gasteiger partial charge in [0.05, 0.1) is 23.4 Å². The first-order valence-corrected chi connectivity index (χ1v) is 8.89. The average Bonchev–Trinajstić information content (AvgIpc) is 3.09. The Balaban J connectivity index is 1.56. The predicted octanol–water partition coefficient (Wildman–Crippen LogP) is 3.20. The zero-order valence-electron chi connectivity index (χ0n) is 14.6. The Morgan fingerprint density at radius 3 is 2.74 bits per heavy atom. The molecule has 2 heterocycles. The molecule has 3 aromatic rings. The van der Waals surface area contributed by atoms with Crippen molar-refractivity contribution < 1.29 is 9.50 Å². The van der Waals surface area contributed by atoms with Gasteiger partial charge in [0.2, 0.25) is 5.95 Å². The summed E-state index contributed by atoms with van der Waals surface area (Å²) in [4.78, 5) is 4.39. The van der Waals surface area contributed by atoms with Crippen molar-refractivity contribution in [3.63, 3.8) is 0 Å². The summed E-state index contributed by atoms with van der Waals surface area (Å²) in [6.45, 7) is 0. The molecule has 0 amide bonds. The molecule has 1 fully saturated rings. The van der Waals surface area contributed by atoms with Crippen molar-refractivity contribution in [3.8, 4) is 6.07 Å². The van der Waals surface area contributed by atoms with Crippen LogP contribution in [0.25, 0.3) is 5.65 Å². The Labute approximate surface area is 155 Å². The van der Waals surface area contributed by atoms with Crippen molar-refractivity contribution in [1.29, 1.82) is 5.26 Å². The van der Waals surface area contributed by atoms with Gasteiger partial charge in [-0.2, -0.15) is 14.8 Å². The third-order valence-corrected chi connectivity index (χ3v) is 4.75. The molecule has 0 radical (unpaired) electrons. The maximum atomic E-state index is 14.1. The Morgan fingerprint density at radius 2 is 2.00 bits per heavy atom. The zero-order chi connectivity index (χ0) is 18.8. The van der Waals surface area contributed by atoms with Crippen LogP contribution in [0.2, 0.25) is 0 Å². The molecule has 1 aliphatic rings. The van der Waals surface area contributed by atoms with E-state index in [9.17, 15) is 9.50 Å². The smallest absolute Gasteiger partial charge is 0.247 e. The van der Waals surface area contributed by atoms with Crippen molar-refractivity contribution >= 4 is 23.1 Å². The molecular formula is C19H19FN6O. The molecule has 2 aromatic heterocycles. The van der Waals surface area contributed by atoms with Gasteiger partial charge in [0, 0.05) is 6.04 Å². The van der Waals surface area contributed by atoms with Crippen LogP contribution in [0.3, 0.4) is 0 Å². The maximum Gasteiger partial charge on any atom is 0.247 e. The molecular weight excluding hydrogens is 347 g/mol. The summed E-state index contributed by atoms with van der Waals surface area (Å²) in [5.74, 6) is 0.536. The van der Waals surface area contributed by atoms with Crippen LogP contribution in [0.5, 0.6) is 0 Å². The van der Waals surface area contributed by atoms with E-state index in [-0.39, 0.29) is 29.3 Å². The monoisotopic (exact) mass is 366 g/mol. The highest BCUT2D eigenvalue weighted by molar-refractivity contribution is 5.59. The number of aliphatic hydroxyl groups is 1. The van der Waals surface area contributed by atoms with Gasteiger partial charge in [0.15, 0.2) is 5.65 Å². The summed E-state index contributed by atoms with van der Waals surface area (Å²) in [5.41, 5.74) is 1.10. The molecule has 0 bridgehead atoms. The van der Waals surface area contributed by atoms with E-state index in [0.29, 0.717) is 5.65 Å². The lowest BCUT2D eigenvalue weighted by Gasteiger charge is -2.26. The number of rotatable bonds is 4. The average molecular weight is 366 g/mol. The van der Waals surface area contributed by atoms with Crippen LogP contribution < -0.4 is 10.6 Å². The Hall–Kier alpha value is -3.18. The Bertz CT molecular complexity index is 1000. The van der Waals surface area contributed by atoms with E-state index in [1.165, 1.54) is 18.2 Å². The van der Waals surface area contributed by atoms with Gasteiger partial charge in [-0.15, -0.1) is 5.10 Å². The van der Waals surface area contributed by atoms with Crippen LogP contribution in [0.1, 0.15) is 31.2 Å². The highest BCUT2D eigenvalue weighted by Crippen LogP contribution is 2.24. The normalized spacial score (nSPS) is 19.6. The van der Waals surface area contributed by atoms with E-state index in [0.717, 1.165) is 31.5 Å². The minimum absolute atomic E-state index is 0.205. The molecule has 1 saturated carbocycles. The van der Waals surface area contributed by atoms with Crippen LogP contribution in [0.4, 0.5) is 21.8 Å². The number of anilines is 3. The van der Waals surface area contributed by atoms with Gasteiger partial charge in [-0.05, 0) is 56.0 Å². The number of aromatic nitrogens is 3. The van der Waals surface area contributed by atoms with Gasteiger partial charge in [0.25, 0.3) is 0 Å². The summed E-state index contributed by atoms with van der Waals surface area (Å²) in [5, 5.41) is 29.2. The molecule has 138 valence electrons. The summed E-state index contributed by atoms with van der Waals surface area (Å²) < 4.78 is 15.8. The fourth-order valence-electron chi connectivity index (χ4n) is 3.30. The lowest BCUT2D eigenvalue weighted by molar-refractivity contribution is 0.126. The number of nitrogens with one attached hydrogen (secondary N) is 2. The van der Waals surface area contributed by atoms with Crippen molar-refractivity contribution in [1.82, 2.24) is 14.6 Å². The third-order valence-electron chi connectivity index (χ3n) is 4.75. The van der Waals surface area contributed by atoms with Gasteiger partial charge >= 0.3 is 0 Å². The van der Waals surface area contributed by atoms with Gasteiger partial charge < -0.3 is 15.7 Å². The SMILES string of the molecule is N#Cc1ccc(Nc2nc3cccc(N[C@H]4CC[C@@H](O)CC4)n3n2)c(F)c1. The highest BCUT2D eigenvalue weighted by Gasteiger charge is 2.20. The predicted molar refractivity (Wildman–Crippen MR) is 99.3 cm³/mol. The molecule has 0 aliphatic heterocycles. The summed E-state index contributed by atoms with van der Waals surface area (Å²) in [7, 11) is 0. The molecule has 3 N–H and O–H groups in total. The van der Waals surface area contributed by atoms with E-state index in [1.807, 2.05) is 24.3 Å². The number of halogens is 1. The lowest BCUT2D eigenvalue weighted by Crippen LogP contribution is -2.29. The summed E-state index contributed by atoms with van der Waals surface area (Å²) in [6.07, 6.45) is 3.16. The molecule has 27 heavy (non-hydrogen) atoms. The van der Waals surface area contributed by atoms with Gasteiger partial charge in [-0.25, -0.2) is 4.39 Å². The van der Waals surface area contributed by atoms with Crippen molar-refractivity contribution in [2.24, 2.45) is 0 Å². The molecule has 4 rings (SSSR count). The van der Waals surface area contributed by atoms with E-state index >= 15 is 0 Å². The number of hydrogen-bond acceptors (Lipinski definition) is 6. The molecule has 7 nitrogen and oxygen atoms in total. The number of aliphatic hydroxyl groups excluding tert-OH is 1. The van der Waals surface area contributed by atoms with Crippen molar-refractivity contribution in [2.75, 3.05) is 10.6 Å². The Kier molecular flexibility index (Phi) is 4.60. The lowest BCUT2D eigenvalue weighted by atomic mass is 9.93. The largest absolute Gasteiger partial charge is 0.393 e. The van der Waals surface area contributed by atoms with Crippen molar-refractivity contribution in [2.45, 2.75) is 37.8 Å². The van der Waals surface area contributed by atoms with Crippen LogP contribution in [-0.4, -0.2) is 31.9 Å². The molecule has 0 atom stereocenters. The van der Waals surface area contributed by atoms with Gasteiger partial charge in [0.1, 0.15) is 11.6 Å². The minimum atomic E-state index is -0.535. The Morgan fingerprint density at radius 1 is 1.19 bits per heavy atom. The molecule has 8 heteroatoms. The topological polar surface area (TPSA) is 98.3 Å². The fraction of sp³-hybridized carbons (Fsp3) is 0.316. The first-order chi connectivity index (χ1) is 13.1.